The van der Waals surface area contributed by atoms with Crippen molar-refractivity contribution in [2.24, 2.45) is 0 Å². The van der Waals surface area contributed by atoms with E-state index in [-0.39, 0.29) is 23.4 Å². The first kappa shape index (κ1) is 19.3. The topological polar surface area (TPSA) is 64.6 Å². The first-order valence-corrected chi connectivity index (χ1v) is 9.58. The van der Waals surface area contributed by atoms with Gasteiger partial charge >= 0.3 is 5.97 Å². The number of ether oxygens (including phenoxy) is 2. The summed E-state index contributed by atoms with van der Waals surface area (Å²) in [6.07, 6.45) is 0. The van der Waals surface area contributed by atoms with Crippen molar-refractivity contribution in [1.82, 2.24) is 0 Å². The third kappa shape index (κ3) is 7.19. The lowest BCUT2D eigenvalue weighted by atomic mass is 10.3. The fourth-order valence-corrected chi connectivity index (χ4v) is 2.75. The van der Waals surface area contributed by atoms with E-state index in [1.165, 1.54) is 11.8 Å². The van der Waals surface area contributed by atoms with Gasteiger partial charge in [0.25, 0.3) is 0 Å². The number of hydrogen-bond acceptors (Lipinski definition) is 5. The normalized spacial score (nSPS) is 10.2. The number of amides is 1. The molecule has 0 aliphatic carbocycles. The molecule has 0 atom stereocenters. The van der Waals surface area contributed by atoms with Crippen molar-refractivity contribution in [3.05, 3.63) is 53.0 Å². The Bertz CT molecular complexity index is 704. The number of hydrogen-bond donors (Lipinski definition) is 1. The van der Waals surface area contributed by atoms with E-state index in [0.29, 0.717) is 18.0 Å². The van der Waals surface area contributed by atoms with Crippen molar-refractivity contribution in [3.8, 4) is 11.5 Å². The lowest BCUT2D eigenvalue weighted by Crippen LogP contribution is -2.16. The van der Waals surface area contributed by atoms with Crippen LogP contribution >= 0.6 is 27.7 Å². The van der Waals surface area contributed by atoms with E-state index in [1.54, 1.807) is 31.2 Å². The molecule has 1 N–H and O–H groups in total. The van der Waals surface area contributed by atoms with E-state index in [1.807, 2.05) is 24.3 Å². The number of esters is 1. The third-order valence-corrected chi connectivity index (χ3v) is 4.38. The van der Waals surface area contributed by atoms with Gasteiger partial charge in [0.1, 0.15) is 11.5 Å². The van der Waals surface area contributed by atoms with Crippen LogP contribution in [0.15, 0.2) is 53.0 Å². The molecule has 0 saturated heterocycles. The maximum absolute atomic E-state index is 11.8. The zero-order valence-electron chi connectivity index (χ0n) is 13.7. The van der Waals surface area contributed by atoms with Crippen molar-refractivity contribution >= 4 is 45.3 Å². The molecule has 0 fully saturated rings. The summed E-state index contributed by atoms with van der Waals surface area (Å²) in [6, 6.07) is 14.6. The van der Waals surface area contributed by atoms with Crippen LogP contribution in [-0.2, 0) is 14.3 Å². The maximum atomic E-state index is 11.8. The molecule has 7 heteroatoms. The molecule has 0 heterocycles. The molecule has 2 rings (SSSR count). The summed E-state index contributed by atoms with van der Waals surface area (Å²) >= 11 is 4.59. The maximum Gasteiger partial charge on any atom is 0.315 e. The summed E-state index contributed by atoms with van der Waals surface area (Å²) in [4.78, 5) is 23.0. The van der Waals surface area contributed by atoms with Gasteiger partial charge in [0.05, 0.1) is 18.1 Å². The second-order valence-corrected chi connectivity index (χ2v) is 6.83. The molecule has 0 aliphatic rings. The molecule has 132 valence electrons. The van der Waals surface area contributed by atoms with Gasteiger partial charge in [-0.25, -0.2) is 0 Å². The first-order valence-electron chi connectivity index (χ1n) is 7.63. The molecule has 1 amide bonds. The molecule has 2 aromatic rings. The van der Waals surface area contributed by atoms with Gasteiger partial charge in [0.15, 0.2) is 0 Å². The average Bonchev–Trinajstić information content (AvgIpc) is 2.59. The lowest BCUT2D eigenvalue weighted by Gasteiger charge is -2.08. The highest BCUT2D eigenvalue weighted by Gasteiger charge is 2.07. The van der Waals surface area contributed by atoms with E-state index in [2.05, 4.69) is 21.2 Å². The summed E-state index contributed by atoms with van der Waals surface area (Å²) in [5.41, 5.74) is 0.671. The summed E-state index contributed by atoms with van der Waals surface area (Å²) < 4.78 is 11.5. The Balaban J connectivity index is 1.78. The molecule has 0 bridgehead atoms. The Hall–Kier alpha value is -1.99. The molecule has 0 radical (unpaired) electrons. The largest absolute Gasteiger partial charge is 0.465 e. The van der Waals surface area contributed by atoms with Crippen LogP contribution in [0.4, 0.5) is 5.69 Å². The van der Waals surface area contributed by atoms with E-state index in [4.69, 9.17) is 9.47 Å². The minimum Gasteiger partial charge on any atom is -0.465 e. The van der Waals surface area contributed by atoms with Crippen LogP contribution in [0.25, 0.3) is 0 Å². The van der Waals surface area contributed by atoms with Crippen molar-refractivity contribution in [2.75, 3.05) is 23.4 Å². The highest BCUT2D eigenvalue weighted by atomic mass is 79.9. The Morgan fingerprint density at radius 3 is 2.20 bits per heavy atom. The van der Waals surface area contributed by atoms with E-state index in [9.17, 15) is 9.59 Å². The van der Waals surface area contributed by atoms with Crippen LogP contribution in [-0.4, -0.2) is 30.0 Å². The molecular weight excluding hydrogens is 406 g/mol. The second kappa shape index (κ2) is 10.1. The Kier molecular flexibility index (Phi) is 7.81. The number of carbonyl (C=O) groups is 2. The van der Waals surface area contributed by atoms with Crippen molar-refractivity contribution in [2.45, 2.75) is 6.92 Å². The highest BCUT2D eigenvalue weighted by Crippen LogP contribution is 2.24. The van der Waals surface area contributed by atoms with Crippen LogP contribution in [0.5, 0.6) is 11.5 Å². The van der Waals surface area contributed by atoms with Crippen LogP contribution in [0.1, 0.15) is 6.92 Å². The van der Waals surface area contributed by atoms with Crippen molar-refractivity contribution in [1.29, 1.82) is 0 Å². The molecule has 0 unspecified atom stereocenters. The van der Waals surface area contributed by atoms with Gasteiger partial charge in [-0.2, -0.15) is 0 Å². The van der Waals surface area contributed by atoms with Gasteiger partial charge in [0.2, 0.25) is 5.91 Å². The van der Waals surface area contributed by atoms with Crippen LogP contribution in [0.2, 0.25) is 0 Å². The molecule has 25 heavy (non-hydrogen) atoms. The third-order valence-electron chi connectivity index (χ3n) is 2.95. The van der Waals surface area contributed by atoms with Gasteiger partial charge < -0.3 is 14.8 Å². The smallest absolute Gasteiger partial charge is 0.315 e. The van der Waals surface area contributed by atoms with Gasteiger partial charge in [-0.15, -0.1) is 11.8 Å². The van der Waals surface area contributed by atoms with Gasteiger partial charge in [-0.1, -0.05) is 15.9 Å². The molecule has 0 aromatic heterocycles. The van der Waals surface area contributed by atoms with Gasteiger partial charge in [-0.3, -0.25) is 9.59 Å². The fourth-order valence-electron chi connectivity index (χ4n) is 1.87. The lowest BCUT2D eigenvalue weighted by molar-refractivity contribution is -0.139. The van der Waals surface area contributed by atoms with Crippen molar-refractivity contribution < 1.29 is 19.1 Å². The monoisotopic (exact) mass is 423 g/mol. The second-order valence-electron chi connectivity index (χ2n) is 4.93. The summed E-state index contributed by atoms with van der Waals surface area (Å²) in [5, 5.41) is 2.77. The van der Waals surface area contributed by atoms with E-state index in [0.717, 1.165) is 10.2 Å². The Labute approximate surface area is 159 Å². The number of nitrogens with one attached hydrogen (secondary N) is 1. The molecule has 5 nitrogen and oxygen atoms in total. The summed E-state index contributed by atoms with van der Waals surface area (Å²) in [7, 11) is 0. The average molecular weight is 424 g/mol. The van der Waals surface area contributed by atoms with Crippen molar-refractivity contribution in [3.63, 3.8) is 0 Å². The van der Waals surface area contributed by atoms with Gasteiger partial charge in [-0.05, 0) is 55.5 Å². The van der Waals surface area contributed by atoms with Crippen LogP contribution in [0, 0.1) is 0 Å². The summed E-state index contributed by atoms with van der Waals surface area (Å²) in [6.45, 7) is 2.10. The number of thioether (sulfide) groups is 1. The predicted octanol–water partition coefficient (Wildman–Crippen LogP) is 4.48. The molecule has 0 saturated carbocycles. The van der Waals surface area contributed by atoms with E-state index >= 15 is 0 Å². The number of halogens is 1. The van der Waals surface area contributed by atoms with Gasteiger partial charge in [0, 0.05) is 10.2 Å². The summed E-state index contributed by atoms with van der Waals surface area (Å²) in [5.74, 6) is 1.29. The number of anilines is 1. The number of benzene rings is 2. The zero-order chi connectivity index (χ0) is 18.1. The molecular formula is C18H18BrNO4S. The fraction of sp³-hybridized carbons (Fsp3) is 0.222. The Morgan fingerprint density at radius 1 is 1.00 bits per heavy atom. The molecule has 0 aliphatic heterocycles. The first-order chi connectivity index (χ1) is 12.1. The number of carbonyl (C=O) groups excluding carboxylic acids is 2. The Morgan fingerprint density at radius 2 is 1.60 bits per heavy atom. The number of rotatable bonds is 8. The molecule has 2 aromatic carbocycles. The van der Waals surface area contributed by atoms with Crippen LogP contribution in [0.3, 0.4) is 0 Å². The van der Waals surface area contributed by atoms with Crippen LogP contribution < -0.4 is 10.1 Å². The quantitative estimate of drug-likeness (QED) is 0.634. The predicted molar refractivity (Wildman–Crippen MR) is 103 cm³/mol. The minimum atomic E-state index is -0.310. The molecule has 0 spiro atoms. The standard InChI is InChI=1S/C18H18BrNO4S/c1-2-23-18(22)12-25-11-17(21)20-14-5-9-16(10-6-14)24-15-7-3-13(19)4-8-15/h3-10H,2,11-12H2,1H3,(H,20,21). The zero-order valence-corrected chi connectivity index (χ0v) is 16.1. The SMILES string of the molecule is CCOC(=O)CSCC(=O)Nc1ccc(Oc2ccc(Br)cc2)cc1. The minimum absolute atomic E-state index is 0.168. The highest BCUT2D eigenvalue weighted by molar-refractivity contribution is 9.10. The van der Waals surface area contributed by atoms with E-state index < -0.39 is 0 Å².